The first kappa shape index (κ1) is 13.7. The van der Waals surface area contributed by atoms with Gasteiger partial charge in [0.15, 0.2) is 0 Å². The van der Waals surface area contributed by atoms with Crippen LogP contribution in [0.3, 0.4) is 0 Å². The quantitative estimate of drug-likeness (QED) is 0.622. The molecule has 1 nitrogen and oxygen atoms in total. The van der Waals surface area contributed by atoms with Crippen LogP contribution in [0.4, 0.5) is 0 Å². The van der Waals surface area contributed by atoms with Crippen LogP contribution in [-0.2, 0) is 5.41 Å². The van der Waals surface area contributed by atoms with Gasteiger partial charge in [-0.2, -0.15) is 0 Å². The van der Waals surface area contributed by atoms with Crippen molar-refractivity contribution < 1.29 is 0 Å². The van der Waals surface area contributed by atoms with Crippen LogP contribution in [0.15, 0.2) is 66.9 Å². The highest BCUT2D eigenvalue weighted by Gasteiger charge is 2.15. The minimum Gasteiger partial charge on any atom is -0.361 e. The number of rotatable bonds is 2. The number of aromatic amines is 1. The Morgan fingerprint density at radius 3 is 2.05 bits per heavy atom. The van der Waals surface area contributed by atoms with Crippen molar-refractivity contribution in [2.45, 2.75) is 26.2 Å². The summed E-state index contributed by atoms with van der Waals surface area (Å²) in [5, 5.41) is 0. The molecule has 0 aliphatic carbocycles. The van der Waals surface area contributed by atoms with Crippen molar-refractivity contribution in [3.05, 3.63) is 72.4 Å². The Morgan fingerprint density at radius 1 is 0.714 bits per heavy atom. The lowest BCUT2D eigenvalue weighted by Crippen LogP contribution is -2.09. The highest BCUT2D eigenvalue weighted by atomic mass is 14.7. The van der Waals surface area contributed by atoms with E-state index in [1.54, 1.807) is 0 Å². The van der Waals surface area contributed by atoms with Gasteiger partial charge in [0.2, 0.25) is 0 Å². The standard InChI is InChI=1S/C20H21N/c1-20(2,3)18-13-19(21-14-18)17-11-7-10-16(12-17)15-8-5-4-6-9-15/h4-14,21H,1-3H3. The summed E-state index contributed by atoms with van der Waals surface area (Å²) in [5.74, 6) is 0. The molecule has 3 rings (SSSR count). The minimum absolute atomic E-state index is 0.172. The predicted octanol–water partition coefficient (Wildman–Crippen LogP) is 5.65. The lowest BCUT2D eigenvalue weighted by Gasteiger charge is -2.15. The van der Waals surface area contributed by atoms with Gasteiger partial charge in [0.05, 0.1) is 0 Å². The van der Waals surface area contributed by atoms with Crippen molar-refractivity contribution in [3.8, 4) is 22.4 Å². The summed E-state index contributed by atoms with van der Waals surface area (Å²) in [4.78, 5) is 3.41. The zero-order chi connectivity index (χ0) is 14.9. The van der Waals surface area contributed by atoms with E-state index < -0.39 is 0 Å². The molecule has 21 heavy (non-hydrogen) atoms. The maximum atomic E-state index is 3.41. The molecule has 1 heteroatoms. The smallest absolute Gasteiger partial charge is 0.0457 e. The molecule has 0 aliphatic heterocycles. The van der Waals surface area contributed by atoms with Crippen LogP contribution in [-0.4, -0.2) is 4.98 Å². The third-order valence-electron chi connectivity index (χ3n) is 3.83. The molecule has 0 spiro atoms. The summed E-state index contributed by atoms with van der Waals surface area (Å²) in [6, 6.07) is 21.4. The Morgan fingerprint density at radius 2 is 1.38 bits per heavy atom. The first-order valence-corrected chi connectivity index (χ1v) is 7.39. The third-order valence-corrected chi connectivity index (χ3v) is 3.83. The Bertz CT molecular complexity index is 730. The van der Waals surface area contributed by atoms with E-state index in [0.29, 0.717) is 0 Å². The van der Waals surface area contributed by atoms with Gasteiger partial charge in [0.1, 0.15) is 0 Å². The van der Waals surface area contributed by atoms with E-state index in [1.807, 2.05) is 6.07 Å². The minimum atomic E-state index is 0.172. The average molecular weight is 275 g/mol. The van der Waals surface area contributed by atoms with E-state index in [9.17, 15) is 0 Å². The molecule has 2 aromatic carbocycles. The Labute approximate surface area is 126 Å². The first-order valence-electron chi connectivity index (χ1n) is 7.39. The zero-order valence-corrected chi connectivity index (χ0v) is 12.9. The Balaban J connectivity index is 1.99. The molecule has 3 aromatic rings. The van der Waals surface area contributed by atoms with Crippen LogP contribution < -0.4 is 0 Å². The lowest BCUT2D eigenvalue weighted by atomic mass is 9.89. The normalized spacial score (nSPS) is 11.6. The van der Waals surface area contributed by atoms with Gasteiger partial charge in [0.25, 0.3) is 0 Å². The van der Waals surface area contributed by atoms with E-state index in [-0.39, 0.29) is 5.41 Å². The van der Waals surface area contributed by atoms with Crippen molar-refractivity contribution >= 4 is 0 Å². The molecule has 0 aliphatic rings. The Kier molecular flexibility index (Phi) is 3.42. The molecule has 0 saturated heterocycles. The molecule has 0 fully saturated rings. The molecule has 0 bridgehead atoms. The molecule has 1 aromatic heterocycles. The maximum absolute atomic E-state index is 3.41. The second kappa shape index (κ2) is 5.25. The van der Waals surface area contributed by atoms with Gasteiger partial charge >= 0.3 is 0 Å². The van der Waals surface area contributed by atoms with Crippen molar-refractivity contribution in [1.29, 1.82) is 0 Å². The van der Waals surface area contributed by atoms with E-state index in [0.717, 1.165) is 0 Å². The van der Waals surface area contributed by atoms with Gasteiger partial charge in [-0.1, -0.05) is 69.3 Å². The van der Waals surface area contributed by atoms with Crippen LogP contribution in [0.2, 0.25) is 0 Å². The van der Waals surface area contributed by atoms with Gasteiger partial charge in [0, 0.05) is 11.9 Å². The molecule has 0 unspecified atom stereocenters. The molecule has 0 saturated carbocycles. The highest BCUT2D eigenvalue weighted by Crippen LogP contribution is 2.29. The van der Waals surface area contributed by atoms with E-state index >= 15 is 0 Å². The number of H-pyrrole nitrogens is 1. The number of hydrogen-bond acceptors (Lipinski definition) is 0. The predicted molar refractivity (Wildman–Crippen MR) is 90.4 cm³/mol. The Hall–Kier alpha value is -2.28. The molecule has 0 radical (unpaired) electrons. The third kappa shape index (κ3) is 2.92. The van der Waals surface area contributed by atoms with Gasteiger partial charge < -0.3 is 4.98 Å². The van der Waals surface area contributed by atoms with Crippen molar-refractivity contribution in [1.82, 2.24) is 4.98 Å². The number of nitrogens with one attached hydrogen (secondary N) is 1. The fourth-order valence-corrected chi connectivity index (χ4v) is 2.49. The summed E-state index contributed by atoms with van der Waals surface area (Å²) in [7, 11) is 0. The molecule has 106 valence electrons. The number of aromatic nitrogens is 1. The fourth-order valence-electron chi connectivity index (χ4n) is 2.49. The topological polar surface area (TPSA) is 15.8 Å². The van der Waals surface area contributed by atoms with Crippen molar-refractivity contribution in [2.24, 2.45) is 0 Å². The monoisotopic (exact) mass is 275 g/mol. The lowest BCUT2D eigenvalue weighted by molar-refractivity contribution is 0.591. The summed E-state index contributed by atoms with van der Waals surface area (Å²) < 4.78 is 0. The van der Waals surface area contributed by atoms with Crippen LogP contribution >= 0.6 is 0 Å². The molecular formula is C20H21N. The molecule has 1 heterocycles. The van der Waals surface area contributed by atoms with E-state index in [4.69, 9.17) is 0 Å². The molecule has 1 N–H and O–H groups in total. The SMILES string of the molecule is CC(C)(C)c1c[nH]c(-c2cccc(-c3ccccc3)c2)c1. The van der Waals surface area contributed by atoms with Crippen molar-refractivity contribution in [3.63, 3.8) is 0 Å². The van der Waals surface area contributed by atoms with Gasteiger partial charge in [-0.15, -0.1) is 0 Å². The van der Waals surface area contributed by atoms with Crippen molar-refractivity contribution in [2.75, 3.05) is 0 Å². The fraction of sp³-hybridized carbons (Fsp3) is 0.200. The number of hydrogen-bond donors (Lipinski definition) is 1. The van der Waals surface area contributed by atoms with Gasteiger partial charge in [-0.05, 0) is 39.8 Å². The summed E-state index contributed by atoms with van der Waals surface area (Å²) in [6.07, 6.45) is 2.12. The first-order chi connectivity index (χ1) is 10.0. The zero-order valence-electron chi connectivity index (χ0n) is 12.9. The van der Waals surface area contributed by atoms with Crippen LogP contribution in [0.1, 0.15) is 26.3 Å². The second-order valence-corrected chi connectivity index (χ2v) is 6.50. The van der Waals surface area contributed by atoms with E-state index in [2.05, 4.69) is 86.5 Å². The average Bonchev–Trinajstić information content (AvgIpc) is 2.98. The highest BCUT2D eigenvalue weighted by molar-refractivity contribution is 5.71. The molecular weight excluding hydrogens is 254 g/mol. The number of benzene rings is 2. The summed E-state index contributed by atoms with van der Waals surface area (Å²) in [6.45, 7) is 6.71. The van der Waals surface area contributed by atoms with Gasteiger partial charge in [-0.25, -0.2) is 0 Å². The summed E-state index contributed by atoms with van der Waals surface area (Å²) in [5.41, 5.74) is 6.42. The second-order valence-electron chi connectivity index (χ2n) is 6.50. The molecule has 0 atom stereocenters. The van der Waals surface area contributed by atoms with E-state index in [1.165, 1.54) is 27.9 Å². The van der Waals surface area contributed by atoms with Crippen LogP contribution in [0.25, 0.3) is 22.4 Å². The largest absolute Gasteiger partial charge is 0.361 e. The van der Waals surface area contributed by atoms with Crippen LogP contribution in [0.5, 0.6) is 0 Å². The maximum Gasteiger partial charge on any atom is 0.0457 e. The summed E-state index contributed by atoms with van der Waals surface area (Å²) >= 11 is 0. The van der Waals surface area contributed by atoms with Crippen LogP contribution in [0, 0.1) is 0 Å². The molecule has 0 amide bonds. The van der Waals surface area contributed by atoms with Gasteiger partial charge in [-0.3, -0.25) is 0 Å².